The zero-order valence-electron chi connectivity index (χ0n) is 12.5. The number of carbonyl (C=O) groups is 2. The minimum Gasteiger partial charge on any atom is -0.464 e. The van der Waals surface area contributed by atoms with Gasteiger partial charge in [-0.15, -0.1) is 0 Å². The Morgan fingerprint density at radius 2 is 1.79 bits per heavy atom. The molecule has 19 heavy (non-hydrogen) atoms. The number of alkyl carbamates (subject to hydrolysis) is 1. The van der Waals surface area contributed by atoms with Gasteiger partial charge in [0.2, 0.25) is 0 Å². The maximum atomic E-state index is 11.9. The number of hydrogen-bond acceptors (Lipinski definition) is 4. The van der Waals surface area contributed by atoms with Crippen LogP contribution in [-0.2, 0) is 14.3 Å². The largest absolute Gasteiger partial charge is 0.464 e. The second-order valence-electron chi connectivity index (χ2n) is 4.92. The van der Waals surface area contributed by atoms with Crippen molar-refractivity contribution < 1.29 is 19.1 Å². The van der Waals surface area contributed by atoms with E-state index in [-0.39, 0.29) is 18.5 Å². The van der Waals surface area contributed by atoms with Gasteiger partial charge < -0.3 is 14.8 Å². The molecule has 0 radical (unpaired) electrons. The van der Waals surface area contributed by atoms with Crippen LogP contribution in [0.2, 0.25) is 0 Å². The Morgan fingerprint density at radius 1 is 1.11 bits per heavy atom. The SMILES string of the molecule is CCCCCOC(=O)[C@H](CC(C)C)NC(=O)OCC. The number of esters is 1. The average Bonchev–Trinajstić information content (AvgIpc) is 2.33. The van der Waals surface area contributed by atoms with Gasteiger partial charge in [0.15, 0.2) is 0 Å². The minimum absolute atomic E-state index is 0.284. The van der Waals surface area contributed by atoms with Crippen LogP contribution in [0.15, 0.2) is 0 Å². The number of nitrogens with one attached hydrogen (secondary N) is 1. The number of rotatable bonds is 9. The lowest BCUT2D eigenvalue weighted by Crippen LogP contribution is -2.43. The van der Waals surface area contributed by atoms with Gasteiger partial charge in [-0.05, 0) is 25.7 Å². The molecular weight excluding hydrogens is 246 g/mol. The van der Waals surface area contributed by atoms with Crippen molar-refractivity contribution >= 4 is 12.1 Å². The molecule has 5 heteroatoms. The molecule has 1 N–H and O–H groups in total. The summed E-state index contributed by atoms with van der Waals surface area (Å²) >= 11 is 0. The van der Waals surface area contributed by atoms with E-state index >= 15 is 0 Å². The lowest BCUT2D eigenvalue weighted by atomic mass is 10.0. The summed E-state index contributed by atoms with van der Waals surface area (Å²) in [5.74, 6) is -0.0898. The van der Waals surface area contributed by atoms with Crippen molar-refractivity contribution in [2.75, 3.05) is 13.2 Å². The Balaban J connectivity index is 4.23. The van der Waals surface area contributed by atoms with Gasteiger partial charge in [-0.25, -0.2) is 9.59 Å². The van der Waals surface area contributed by atoms with Crippen molar-refractivity contribution in [1.29, 1.82) is 0 Å². The zero-order valence-corrected chi connectivity index (χ0v) is 12.5. The highest BCUT2D eigenvalue weighted by Crippen LogP contribution is 2.07. The van der Waals surface area contributed by atoms with E-state index in [1.807, 2.05) is 13.8 Å². The summed E-state index contributed by atoms with van der Waals surface area (Å²) in [6, 6.07) is -0.624. The highest BCUT2D eigenvalue weighted by Gasteiger charge is 2.23. The Bertz CT molecular complexity index is 266. The summed E-state index contributed by atoms with van der Waals surface area (Å²) in [6.07, 6.45) is 2.95. The third-order valence-corrected chi connectivity index (χ3v) is 2.55. The predicted octanol–water partition coefficient (Wildman–Crippen LogP) is 2.88. The maximum absolute atomic E-state index is 11.9. The molecule has 0 aromatic heterocycles. The van der Waals surface area contributed by atoms with Crippen LogP contribution in [0.5, 0.6) is 0 Å². The van der Waals surface area contributed by atoms with Crippen molar-refractivity contribution in [2.45, 2.75) is 59.4 Å². The fourth-order valence-corrected chi connectivity index (χ4v) is 1.63. The maximum Gasteiger partial charge on any atom is 0.407 e. The zero-order chi connectivity index (χ0) is 14.7. The molecule has 0 unspecified atom stereocenters. The van der Waals surface area contributed by atoms with Crippen LogP contribution >= 0.6 is 0 Å². The first-order valence-corrected chi connectivity index (χ1v) is 7.11. The van der Waals surface area contributed by atoms with E-state index in [0.29, 0.717) is 13.0 Å². The van der Waals surface area contributed by atoms with Crippen LogP contribution in [0.1, 0.15) is 53.4 Å². The smallest absolute Gasteiger partial charge is 0.407 e. The van der Waals surface area contributed by atoms with Crippen molar-refractivity contribution in [1.82, 2.24) is 5.32 Å². The van der Waals surface area contributed by atoms with Crippen molar-refractivity contribution in [3.8, 4) is 0 Å². The number of hydrogen-bond donors (Lipinski definition) is 1. The van der Waals surface area contributed by atoms with E-state index in [4.69, 9.17) is 9.47 Å². The Kier molecular flexibility index (Phi) is 9.94. The molecule has 1 amide bonds. The molecule has 0 aliphatic heterocycles. The second kappa shape index (κ2) is 10.6. The molecule has 0 aromatic rings. The second-order valence-corrected chi connectivity index (χ2v) is 4.92. The quantitative estimate of drug-likeness (QED) is 0.518. The molecule has 0 saturated heterocycles. The molecule has 0 aliphatic carbocycles. The molecule has 0 rings (SSSR count). The summed E-state index contributed by atoms with van der Waals surface area (Å²) in [5.41, 5.74) is 0. The fourth-order valence-electron chi connectivity index (χ4n) is 1.63. The van der Waals surface area contributed by atoms with Crippen LogP contribution in [0.4, 0.5) is 4.79 Å². The Morgan fingerprint density at radius 3 is 2.32 bits per heavy atom. The molecular formula is C14H27NO4. The molecule has 0 spiro atoms. The van der Waals surface area contributed by atoms with Gasteiger partial charge in [-0.3, -0.25) is 0 Å². The number of amides is 1. The predicted molar refractivity (Wildman–Crippen MR) is 73.9 cm³/mol. The van der Waals surface area contributed by atoms with Crippen LogP contribution in [0.25, 0.3) is 0 Å². The normalized spacial score (nSPS) is 12.1. The van der Waals surface area contributed by atoms with Crippen LogP contribution in [-0.4, -0.2) is 31.3 Å². The summed E-state index contributed by atoms with van der Waals surface area (Å²) in [6.45, 7) is 8.48. The van der Waals surface area contributed by atoms with Gasteiger partial charge in [0.05, 0.1) is 13.2 Å². The molecule has 5 nitrogen and oxygen atoms in total. The van der Waals surface area contributed by atoms with Crippen molar-refractivity contribution in [2.24, 2.45) is 5.92 Å². The molecule has 0 fully saturated rings. The van der Waals surface area contributed by atoms with E-state index in [1.165, 1.54) is 0 Å². The van der Waals surface area contributed by atoms with Crippen molar-refractivity contribution in [3.63, 3.8) is 0 Å². The standard InChI is InChI=1S/C14H27NO4/c1-5-7-8-9-19-13(16)12(10-11(3)4)15-14(17)18-6-2/h11-12H,5-10H2,1-4H3,(H,15,17)/t12-/m0/s1. The highest BCUT2D eigenvalue weighted by atomic mass is 16.6. The summed E-state index contributed by atoms with van der Waals surface area (Å²) in [7, 11) is 0. The molecule has 0 heterocycles. The van der Waals surface area contributed by atoms with Crippen LogP contribution in [0.3, 0.4) is 0 Å². The van der Waals surface area contributed by atoms with Crippen molar-refractivity contribution in [3.05, 3.63) is 0 Å². The van der Waals surface area contributed by atoms with Gasteiger partial charge in [0.1, 0.15) is 6.04 Å². The molecule has 0 aliphatic rings. The monoisotopic (exact) mass is 273 g/mol. The minimum atomic E-state index is -0.624. The van der Waals surface area contributed by atoms with Crippen LogP contribution < -0.4 is 5.32 Å². The van der Waals surface area contributed by atoms with Gasteiger partial charge in [0, 0.05) is 0 Å². The molecule has 112 valence electrons. The number of ether oxygens (including phenoxy) is 2. The van der Waals surface area contributed by atoms with Gasteiger partial charge in [-0.1, -0.05) is 33.6 Å². The Labute approximate surface area is 116 Å². The Hall–Kier alpha value is -1.26. The first kappa shape index (κ1) is 17.7. The lowest BCUT2D eigenvalue weighted by molar-refractivity contribution is -0.146. The van der Waals surface area contributed by atoms with Crippen LogP contribution in [0, 0.1) is 5.92 Å². The molecule has 1 atom stereocenters. The first-order chi connectivity index (χ1) is 9.01. The number of unbranched alkanes of at least 4 members (excludes halogenated alkanes) is 2. The fraction of sp³-hybridized carbons (Fsp3) is 0.857. The van der Waals surface area contributed by atoms with Gasteiger partial charge in [0.25, 0.3) is 0 Å². The van der Waals surface area contributed by atoms with E-state index < -0.39 is 12.1 Å². The average molecular weight is 273 g/mol. The molecule has 0 aromatic carbocycles. The third kappa shape index (κ3) is 9.33. The summed E-state index contributed by atoms with van der Waals surface area (Å²) in [4.78, 5) is 23.3. The third-order valence-electron chi connectivity index (χ3n) is 2.55. The number of carbonyl (C=O) groups excluding carboxylic acids is 2. The van der Waals surface area contributed by atoms with E-state index in [1.54, 1.807) is 6.92 Å². The lowest BCUT2D eigenvalue weighted by Gasteiger charge is -2.19. The topological polar surface area (TPSA) is 64.6 Å². The summed E-state index contributed by atoms with van der Waals surface area (Å²) in [5, 5.41) is 2.55. The van der Waals surface area contributed by atoms with E-state index in [9.17, 15) is 9.59 Å². The molecule has 0 bridgehead atoms. The van der Waals surface area contributed by atoms with Gasteiger partial charge >= 0.3 is 12.1 Å². The summed E-state index contributed by atoms with van der Waals surface area (Å²) < 4.78 is 9.97. The van der Waals surface area contributed by atoms with Gasteiger partial charge in [-0.2, -0.15) is 0 Å². The molecule has 0 saturated carbocycles. The van der Waals surface area contributed by atoms with E-state index in [2.05, 4.69) is 12.2 Å². The first-order valence-electron chi connectivity index (χ1n) is 7.11. The highest BCUT2D eigenvalue weighted by molar-refractivity contribution is 5.81. The van der Waals surface area contributed by atoms with E-state index in [0.717, 1.165) is 19.3 Å².